The first-order valence-corrected chi connectivity index (χ1v) is 7.77. The molecule has 0 aromatic carbocycles. The van der Waals surface area contributed by atoms with Crippen LogP contribution in [0.4, 0.5) is 0 Å². The molecule has 5 heteroatoms. The number of hydrogen-bond donors (Lipinski definition) is 2. The highest BCUT2D eigenvalue weighted by Gasteiger charge is 2.29. The number of nitrogens with zero attached hydrogens (tertiary/aromatic N) is 1. The number of aromatic nitrogens is 1. The van der Waals surface area contributed by atoms with Crippen LogP contribution in [0.25, 0.3) is 0 Å². The zero-order chi connectivity index (χ0) is 14.0. The minimum atomic E-state index is -0.218. The number of carbonyl (C=O) groups excluding carboxylic acids is 1. The van der Waals surface area contributed by atoms with Crippen molar-refractivity contribution in [1.29, 1.82) is 0 Å². The second kappa shape index (κ2) is 5.59. The Hall–Kier alpha value is -0.940. The molecular weight excluding hydrogens is 258 g/mol. The first-order chi connectivity index (χ1) is 8.93. The lowest BCUT2D eigenvalue weighted by Gasteiger charge is -2.19. The first-order valence-electron chi connectivity index (χ1n) is 6.95. The van der Waals surface area contributed by atoms with E-state index in [1.807, 2.05) is 0 Å². The predicted octanol–water partition coefficient (Wildman–Crippen LogP) is 3.09. The van der Waals surface area contributed by atoms with E-state index in [0.717, 1.165) is 10.7 Å². The van der Waals surface area contributed by atoms with Gasteiger partial charge in [0.15, 0.2) is 0 Å². The molecule has 3 N–H and O–H groups in total. The molecule has 0 aliphatic heterocycles. The van der Waals surface area contributed by atoms with Gasteiger partial charge in [-0.05, 0) is 12.8 Å². The van der Waals surface area contributed by atoms with Crippen LogP contribution in [-0.2, 0) is 5.41 Å². The van der Waals surface area contributed by atoms with Crippen molar-refractivity contribution in [3.8, 4) is 0 Å². The smallest absolute Gasteiger partial charge is 0.277 e. The van der Waals surface area contributed by atoms with E-state index in [0.29, 0.717) is 10.8 Å². The van der Waals surface area contributed by atoms with E-state index >= 15 is 0 Å². The van der Waals surface area contributed by atoms with E-state index in [4.69, 9.17) is 10.8 Å². The van der Waals surface area contributed by atoms with Crippen LogP contribution in [0.5, 0.6) is 0 Å². The van der Waals surface area contributed by atoms with Gasteiger partial charge in [0.1, 0.15) is 4.88 Å². The zero-order valence-electron chi connectivity index (χ0n) is 12.0. The fourth-order valence-electron chi connectivity index (χ4n) is 2.59. The van der Waals surface area contributed by atoms with Crippen LogP contribution in [0.1, 0.15) is 79.2 Å². The maximum atomic E-state index is 11.9. The summed E-state index contributed by atoms with van der Waals surface area (Å²) in [5, 5.41) is 1.11. The van der Waals surface area contributed by atoms with Gasteiger partial charge < -0.3 is 0 Å². The summed E-state index contributed by atoms with van der Waals surface area (Å²) in [6.45, 7) is 6.25. The van der Waals surface area contributed by atoms with E-state index in [2.05, 4.69) is 26.2 Å². The molecule has 19 heavy (non-hydrogen) atoms. The minimum Gasteiger partial charge on any atom is -0.289 e. The zero-order valence-corrected chi connectivity index (χ0v) is 12.8. The normalized spacial score (nSPS) is 17.5. The van der Waals surface area contributed by atoms with Crippen molar-refractivity contribution in [1.82, 2.24) is 10.4 Å². The molecule has 1 aliphatic carbocycles. The standard InChI is InChI=1S/C14H23N3OS/c1-14(2,3)11-10(12(18)17-15)19-13(16-11)9-7-5-4-6-8-9/h9H,4-8,15H2,1-3H3,(H,17,18). The second-order valence-electron chi connectivity index (χ2n) is 6.29. The van der Waals surface area contributed by atoms with Gasteiger partial charge in [-0.2, -0.15) is 0 Å². The van der Waals surface area contributed by atoms with Gasteiger partial charge >= 0.3 is 0 Å². The largest absolute Gasteiger partial charge is 0.289 e. The number of nitrogens with one attached hydrogen (secondary N) is 1. The number of hydrogen-bond acceptors (Lipinski definition) is 4. The first kappa shape index (κ1) is 14.5. The predicted molar refractivity (Wildman–Crippen MR) is 78.3 cm³/mol. The molecule has 1 amide bonds. The van der Waals surface area contributed by atoms with Gasteiger partial charge in [0, 0.05) is 11.3 Å². The van der Waals surface area contributed by atoms with Crippen molar-refractivity contribution in [2.45, 2.75) is 64.2 Å². The molecule has 0 bridgehead atoms. The molecule has 1 fully saturated rings. The summed E-state index contributed by atoms with van der Waals surface area (Å²) in [7, 11) is 0. The summed E-state index contributed by atoms with van der Waals surface area (Å²) in [6, 6.07) is 0. The highest BCUT2D eigenvalue weighted by atomic mass is 32.1. The monoisotopic (exact) mass is 281 g/mol. The summed E-state index contributed by atoms with van der Waals surface area (Å²) in [5.74, 6) is 5.59. The van der Waals surface area contributed by atoms with Crippen molar-refractivity contribution < 1.29 is 4.79 Å². The van der Waals surface area contributed by atoms with Crippen molar-refractivity contribution in [2.24, 2.45) is 5.84 Å². The third-order valence-electron chi connectivity index (χ3n) is 3.65. The van der Waals surface area contributed by atoms with E-state index in [1.54, 1.807) is 0 Å². The van der Waals surface area contributed by atoms with Crippen LogP contribution in [0, 0.1) is 0 Å². The van der Waals surface area contributed by atoms with Gasteiger partial charge in [-0.1, -0.05) is 40.0 Å². The summed E-state index contributed by atoms with van der Waals surface area (Å²) in [4.78, 5) is 17.4. The Balaban J connectivity index is 2.36. The second-order valence-corrected chi connectivity index (χ2v) is 7.32. The summed E-state index contributed by atoms with van der Waals surface area (Å²) >= 11 is 1.52. The minimum absolute atomic E-state index is 0.134. The average Bonchev–Trinajstić information content (AvgIpc) is 2.84. The maximum Gasteiger partial charge on any atom is 0.277 e. The van der Waals surface area contributed by atoms with Gasteiger partial charge in [-0.15, -0.1) is 11.3 Å². The van der Waals surface area contributed by atoms with Gasteiger partial charge in [0.05, 0.1) is 10.7 Å². The van der Waals surface area contributed by atoms with Crippen LogP contribution < -0.4 is 11.3 Å². The molecular formula is C14H23N3OS. The van der Waals surface area contributed by atoms with Gasteiger partial charge in [0.2, 0.25) is 0 Å². The number of nitrogens with two attached hydrogens (primary N) is 1. The Morgan fingerprint density at radius 3 is 2.47 bits per heavy atom. The van der Waals surface area contributed by atoms with Crippen LogP contribution in [0.2, 0.25) is 0 Å². The summed E-state index contributed by atoms with van der Waals surface area (Å²) in [5.41, 5.74) is 2.98. The van der Waals surface area contributed by atoms with E-state index in [9.17, 15) is 4.79 Å². The fraction of sp³-hybridized carbons (Fsp3) is 0.714. The lowest BCUT2D eigenvalue weighted by molar-refractivity contribution is 0.0955. The molecule has 0 atom stereocenters. The summed E-state index contributed by atoms with van der Waals surface area (Å²) in [6.07, 6.45) is 6.26. The molecule has 1 heterocycles. The maximum absolute atomic E-state index is 11.9. The van der Waals surface area contributed by atoms with Gasteiger partial charge in [-0.3, -0.25) is 10.2 Å². The SMILES string of the molecule is CC(C)(C)c1nc(C2CCCCC2)sc1C(=O)NN. The molecule has 1 aliphatic rings. The third-order valence-corrected chi connectivity index (χ3v) is 4.86. The molecule has 0 saturated heterocycles. The lowest BCUT2D eigenvalue weighted by Crippen LogP contribution is -2.31. The molecule has 106 valence electrons. The number of hydrazine groups is 1. The number of carbonyl (C=O) groups is 1. The Bertz CT molecular complexity index is 456. The van der Waals surface area contributed by atoms with E-state index in [-0.39, 0.29) is 11.3 Å². The highest BCUT2D eigenvalue weighted by molar-refractivity contribution is 7.13. The Kier molecular flexibility index (Phi) is 4.26. The number of amides is 1. The molecule has 0 radical (unpaired) electrons. The molecule has 0 unspecified atom stereocenters. The fourth-order valence-corrected chi connectivity index (χ4v) is 3.94. The number of rotatable bonds is 2. The topological polar surface area (TPSA) is 68.0 Å². The van der Waals surface area contributed by atoms with Crippen LogP contribution in [0.15, 0.2) is 0 Å². The van der Waals surface area contributed by atoms with E-state index in [1.165, 1.54) is 43.4 Å². The van der Waals surface area contributed by atoms with Crippen molar-refractivity contribution >= 4 is 17.2 Å². The lowest BCUT2D eigenvalue weighted by atomic mass is 9.89. The van der Waals surface area contributed by atoms with Crippen LogP contribution in [-0.4, -0.2) is 10.9 Å². The molecule has 0 spiro atoms. The van der Waals surface area contributed by atoms with Crippen LogP contribution >= 0.6 is 11.3 Å². The Labute approximate surface area is 118 Å². The molecule has 1 saturated carbocycles. The van der Waals surface area contributed by atoms with E-state index < -0.39 is 0 Å². The average molecular weight is 281 g/mol. The third kappa shape index (κ3) is 3.15. The number of thiazole rings is 1. The molecule has 2 rings (SSSR count). The number of nitrogen functional groups attached to an aromatic ring is 1. The van der Waals surface area contributed by atoms with Gasteiger partial charge in [-0.25, -0.2) is 10.8 Å². The molecule has 1 aromatic rings. The Morgan fingerprint density at radius 1 is 1.32 bits per heavy atom. The quantitative estimate of drug-likeness (QED) is 0.497. The molecule has 4 nitrogen and oxygen atoms in total. The van der Waals surface area contributed by atoms with Crippen molar-refractivity contribution in [3.63, 3.8) is 0 Å². The Morgan fingerprint density at radius 2 is 1.95 bits per heavy atom. The van der Waals surface area contributed by atoms with Gasteiger partial charge in [0.25, 0.3) is 5.91 Å². The van der Waals surface area contributed by atoms with Crippen LogP contribution in [0.3, 0.4) is 0 Å². The molecule has 1 aromatic heterocycles. The summed E-state index contributed by atoms with van der Waals surface area (Å²) < 4.78 is 0. The van der Waals surface area contributed by atoms with Crippen molar-refractivity contribution in [3.05, 3.63) is 15.6 Å². The van der Waals surface area contributed by atoms with Crippen molar-refractivity contribution in [2.75, 3.05) is 0 Å². The highest BCUT2D eigenvalue weighted by Crippen LogP contribution is 2.38.